The molecule has 0 fully saturated rings. The maximum absolute atomic E-state index is 9.24. The van der Waals surface area contributed by atoms with Crippen LogP contribution in [0.3, 0.4) is 0 Å². The van der Waals surface area contributed by atoms with Crippen LogP contribution in [-0.4, -0.2) is 11.7 Å². The molecule has 1 rings (SSSR count). The first kappa shape index (κ1) is 8.64. The first-order valence-electron chi connectivity index (χ1n) is 3.35. The number of hydrogen-bond acceptors (Lipinski definition) is 2. The molecule has 0 aliphatic heterocycles. The fraction of sp³-hybridized carbons (Fsp3) is 0.250. The quantitative estimate of drug-likeness (QED) is 0.831. The second-order valence-electron chi connectivity index (χ2n) is 2.05. The standard InChI is InChI=1S/C8H9IO2/c1-2-11-6-3-4-7(9)8(10)5-6/h3-5,10H,2H2,1H3. The van der Waals surface area contributed by atoms with Crippen molar-refractivity contribution in [3.63, 3.8) is 0 Å². The lowest BCUT2D eigenvalue weighted by atomic mass is 10.3. The number of phenols is 1. The minimum absolute atomic E-state index is 0.275. The molecule has 0 atom stereocenters. The molecule has 0 saturated carbocycles. The van der Waals surface area contributed by atoms with E-state index in [4.69, 9.17) is 4.74 Å². The molecule has 0 radical (unpaired) electrons. The predicted molar refractivity (Wildman–Crippen MR) is 52.0 cm³/mol. The van der Waals surface area contributed by atoms with Gasteiger partial charge in [-0.1, -0.05) is 0 Å². The highest BCUT2D eigenvalue weighted by atomic mass is 127. The summed E-state index contributed by atoms with van der Waals surface area (Å²) in [6.45, 7) is 2.54. The normalized spacial score (nSPS) is 9.64. The molecule has 0 aliphatic carbocycles. The molecule has 1 aromatic carbocycles. The van der Waals surface area contributed by atoms with E-state index in [0.717, 1.165) is 3.57 Å². The van der Waals surface area contributed by atoms with Crippen molar-refractivity contribution in [1.82, 2.24) is 0 Å². The van der Waals surface area contributed by atoms with Crippen molar-refractivity contribution in [2.24, 2.45) is 0 Å². The Labute approximate surface area is 79.3 Å². The summed E-state index contributed by atoms with van der Waals surface area (Å²) in [6, 6.07) is 5.27. The first-order valence-corrected chi connectivity index (χ1v) is 4.43. The van der Waals surface area contributed by atoms with Crippen LogP contribution in [-0.2, 0) is 0 Å². The summed E-state index contributed by atoms with van der Waals surface area (Å²) in [5.74, 6) is 0.988. The van der Waals surface area contributed by atoms with Gasteiger partial charge in [0.2, 0.25) is 0 Å². The summed E-state index contributed by atoms with van der Waals surface area (Å²) in [5, 5.41) is 9.24. The Hall–Kier alpha value is -0.450. The molecule has 0 bridgehead atoms. The van der Waals surface area contributed by atoms with Gasteiger partial charge in [-0.25, -0.2) is 0 Å². The van der Waals surface area contributed by atoms with E-state index in [1.165, 1.54) is 0 Å². The van der Waals surface area contributed by atoms with Crippen LogP contribution in [0.1, 0.15) is 6.92 Å². The molecule has 0 aliphatic rings. The Morgan fingerprint density at radius 2 is 2.27 bits per heavy atom. The van der Waals surface area contributed by atoms with Crippen molar-refractivity contribution in [3.05, 3.63) is 21.8 Å². The molecule has 0 saturated heterocycles. The maximum atomic E-state index is 9.24. The zero-order valence-electron chi connectivity index (χ0n) is 6.17. The third-order valence-corrected chi connectivity index (χ3v) is 2.14. The largest absolute Gasteiger partial charge is 0.507 e. The van der Waals surface area contributed by atoms with E-state index in [1.807, 2.05) is 19.1 Å². The molecular weight excluding hydrogens is 255 g/mol. The van der Waals surface area contributed by atoms with Crippen LogP contribution in [0.15, 0.2) is 18.2 Å². The van der Waals surface area contributed by atoms with Gasteiger partial charge < -0.3 is 9.84 Å². The van der Waals surface area contributed by atoms with Gasteiger partial charge >= 0.3 is 0 Å². The van der Waals surface area contributed by atoms with Crippen molar-refractivity contribution >= 4 is 22.6 Å². The van der Waals surface area contributed by atoms with E-state index in [2.05, 4.69) is 22.6 Å². The van der Waals surface area contributed by atoms with Crippen LogP contribution in [0.2, 0.25) is 0 Å². The van der Waals surface area contributed by atoms with Gasteiger partial charge in [-0.3, -0.25) is 0 Å². The molecule has 1 N–H and O–H groups in total. The number of halogens is 1. The minimum Gasteiger partial charge on any atom is -0.507 e. The number of phenolic OH excluding ortho intramolecular Hbond substituents is 1. The van der Waals surface area contributed by atoms with Gasteiger partial charge in [-0.05, 0) is 41.6 Å². The van der Waals surface area contributed by atoms with Crippen LogP contribution in [0.4, 0.5) is 0 Å². The summed E-state index contributed by atoms with van der Waals surface area (Å²) in [5.41, 5.74) is 0. The SMILES string of the molecule is CCOc1ccc(I)c(O)c1. The molecule has 0 unspecified atom stereocenters. The van der Waals surface area contributed by atoms with E-state index in [0.29, 0.717) is 12.4 Å². The van der Waals surface area contributed by atoms with Gasteiger partial charge in [0.1, 0.15) is 11.5 Å². The van der Waals surface area contributed by atoms with Crippen molar-refractivity contribution < 1.29 is 9.84 Å². The lowest BCUT2D eigenvalue weighted by molar-refractivity contribution is 0.337. The van der Waals surface area contributed by atoms with Crippen molar-refractivity contribution in [3.8, 4) is 11.5 Å². The highest BCUT2D eigenvalue weighted by Gasteiger charge is 1.98. The van der Waals surface area contributed by atoms with Gasteiger partial charge in [0.05, 0.1) is 10.2 Å². The number of benzene rings is 1. The zero-order valence-corrected chi connectivity index (χ0v) is 8.33. The highest BCUT2D eigenvalue weighted by Crippen LogP contribution is 2.24. The lowest BCUT2D eigenvalue weighted by Crippen LogP contribution is -1.90. The minimum atomic E-state index is 0.275. The van der Waals surface area contributed by atoms with E-state index < -0.39 is 0 Å². The van der Waals surface area contributed by atoms with Gasteiger partial charge in [-0.2, -0.15) is 0 Å². The Bertz CT molecular complexity index is 248. The van der Waals surface area contributed by atoms with Crippen LogP contribution in [0.25, 0.3) is 0 Å². The molecule has 2 nitrogen and oxygen atoms in total. The van der Waals surface area contributed by atoms with Crippen molar-refractivity contribution in [2.45, 2.75) is 6.92 Å². The van der Waals surface area contributed by atoms with Crippen LogP contribution in [0.5, 0.6) is 11.5 Å². The first-order chi connectivity index (χ1) is 5.24. The second kappa shape index (κ2) is 3.80. The summed E-state index contributed by atoms with van der Waals surface area (Å²) in [7, 11) is 0. The summed E-state index contributed by atoms with van der Waals surface area (Å²) >= 11 is 2.06. The van der Waals surface area contributed by atoms with E-state index >= 15 is 0 Å². The van der Waals surface area contributed by atoms with Crippen molar-refractivity contribution in [1.29, 1.82) is 0 Å². The molecule has 0 spiro atoms. The molecule has 0 heterocycles. The smallest absolute Gasteiger partial charge is 0.132 e. The average molecular weight is 264 g/mol. The molecule has 1 aromatic rings. The summed E-state index contributed by atoms with van der Waals surface area (Å²) in [6.07, 6.45) is 0. The third kappa shape index (κ3) is 2.25. The second-order valence-corrected chi connectivity index (χ2v) is 3.21. The molecular formula is C8H9IO2. The number of aromatic hydroxyl groups is 1. The molecule has 60 valence electrons. The monoisotopic (exact) mass is 264 g/mol. The van der Waals surface area contributed by atoms with Crippen LogP contribution >= 0.6 is 22.6 Å². The number of rotatable bonds is 2. The van der Waals surface area contributed by atoms with Gasteiger partial charge in [0, 0.05) is 6.07 Å². The van der Waals surface area contributed by atoms with Crippen LogP contribution in [0, 0.1) is 3.57 Å². The van der Waals surface area contributed by atoms with E-state index in [-0.39, 0.29) is 5.75 Å². The highest BCUT2D eigenvalue weighted by molar-refractivity contribution is 14.1. The topological polar surface area (TPSA) is 29.5 Å². The Balaban J connectivity index is 2.86. The van der Waals surface area contributed by atoms with Crippen LogP contribution < -0.4 is 4.74 Å². The third-order valence-electron chi connectivity index (χ3n) is 1.23. The Morgan fingerprint density at radius 1 is 1.55 bits per heavy atom. The maximum Gasteiger partial charge on any atom is 0.132 e. The molecule has 0 amide bonds. The Kier molecular flexibility index (Phi) is 2.99. The molecule has 3 heteroatoms. The summed E-state index contributed by atoms with van der Waals surface area (Å²) < 4.78 is 6.02. The average Bonchev–Trinajstić information content (AvgIpc) is 1.98. The van der Waals surface area contributed by atoms with Gasteiger partial charge in [-0.15, -0.1) is 0 Å². The van der Waals surface area contributed by atoms with E-state index in [9.17, 15) is 5.11 Å². The summed E-state index contributed by atoms with van der Waals surface area (Å²) in [4.78, 5) is 0. The van der Waals surface area contributed by atoms with E-state index in [1.54, 1.807) is 6.07 Å². The fourth-order valence-corrected chi connectivity index (χ4v) is 1.08. The fourth-order valence-electron chi connectivity index (χ4n) is 0.749. The lowest BCUT2D eigenvalue weighted by Gasteiger charge is -2.03. The number of hydrogen-bond donors (Lipinski definition) is 1. The predicted octanol–water partition coefficient (Wildman–Crippen LogP) is 2.40. The Morgan fingerprint density at radius 3 is 2.82 bits per heavy atom. The molecule has 11 heavy (non-hydrogen) atoms. The van der Waals surface area contributed by atoms with Gasteiger partial charge in [0.15, 0.2) is 0 Å². The number of ether oxygens (including phenoxy) is 1. The molecule has 0 aromatic heterocycles. The van der Waals surface area contributed by atoms with Crippen molar-refractivity contribution in [2.75, 3.05) is 6.61 Å². The zero-order chi connectivity index (χ0) is 8.27. The van der Waals surface area contributed by atoms with Gasteiger partial charge in [0.25, 0.3) is 0 Å².